The molecular formula is C34H51BrN6O5. The van der Waals surface area contributed by atoms with E-state index in [0.717, 1.165) is 68.1 Å². The number of halogens is 1. The molecule has 0 radical (unpaired) electrons. The van der Waals surface area contributed by atoms with Gasteiger partial charge in [0.1, 0.15) is 18.3 Å². The first kappa shape index (κ1) is 34.8. The topological polar surface area (TPSA) is 157 Å². The highest BCUT2D eigenvalue weighted by Crippen LogP contribution is 2.41. The summed E-state index contributed by atoms with van der Waals surface area (Å²) in [5, 5.41) is 21.3. The van der Waals surface area contributed by atoms with Crippen LogP contribution in [0.5, 0.6) is 0 Å². The summed E-state index contributed by atoms with van der Waals surface area (Å²) in [6.45, 7) is 4.12. The van der Waals surface area contributed by atoms with Crippen LogP contribution < -0.4 is 21.7 Å². The monoisotopic (exact) mass is 702 g/mol. The van der Waals surface area contributed by atoms with Crippen molar-refractivity contribution in [3.63, 3.8) is 0 Å². The summed E-state index contributed by atoms with van der Waals surface area (Å²) in [7, 11) is 0. The van der Waals surface area contributed by atoms with Crippen LogP contribution in [0.1, 0.15) is 83.1 Å². The molecule has 46 heavy (non-hydrogen) atoms. The van der Waals surface area contributed by atoms with Crippen molar-refractivity contribution < 1.29 is 24.3 Å². The lowest BCUT2D eigenvalue weighted by Crippen LogP contribution is -2.60. The van der Waals surface area contributed by atoms with Crippen LogP contribution in [0.2, 0.25) is 0 Å². The standard InChI is InChI=1S/C34H51BrN6O5/c1-21(38-30(42)13-10-22-14-16-37-17-15-22)33(45)41-27-6-3-2-5-24(27)20-29(41)32(44)39-26(19-23-8-11-25(35)12-9-23)34(46)40-18-4-7-28(40)31(36)43/h8-9,11-12,21-22,24,26-29,32,37,39,44H,2-7,10,13-20H2,1H3,(H2,36,43)(H,38,42)/t21-,24-,26-,27-,28-,29-,32?/m0/s1. The molecule has 4 aliphatic rings. The molecule has 1 unspecified atom stereocenters. The number of hydrogen-bond donors (Lipinski definition) is 5. The molecule has 7 atom stereocenters. The molecule has 4 fully saturated rings. The third-order valence-corrected chi connectivity index (χ3v) is 11.1. The molecule has 5 rings (SSSR count). The van der Waals surface area contributed by atoms with Crippen molar-refractivity contribution in [2.24, 2.45) is 17.6 Å². The fraction of sp³-hybridized carbons (Fsp3) is 0.706. The van der Waals surface area contributed by atoms with Crippen LogP contribution in [0, 0.1) is 11.8 Å². The Morgan fingerprint density at radius 2 is 1.74 bits per heavy atom. The molecule has 3 saturated heterocycles. The minimum absolute atomic E-state index is 0.0183. The molecule has 3 heterocycles. The Balaban J connectivity index is 1.30. The van der Waals surface area contributed by atoms with E-state index in [9.17, 15) is 24.3 Å². The van der Waals surface area contributed by atoms with Gasteiger partial charge in [-0.15, -0.1) is 0 Å². The van der Waals surface area contributed by atoms with E-state index in [2.05, 4.69) is 31.9 Å². The zero-order valence-corrected chi connectivity index (χ0v) is 28.6. The highest BCUT2D eigenvalue weighted by atomic mass is 79.9. The molecule has 3 aliphatic heterocycles. The molecule has 1 saturated carbocycles. The molecule has 11 nitrogen and oxygen atoms in total. The number of nitrogens with two attached hydrogens (primary N) is 1. The zero-order chi connectivity index (χ0) is 32.8. The molecular weight excluding hydrogens is 652 g/mol. The van der Waals surface area contributed by atoms with E-state index >= 15 is 0 Å². The Labute approximate surface area is 280 Å². The molecule has 1 aromatic rings. The van der Waals surface area contributed by atoms with E-state index in [0.29, 0.717) is 44.6 Å². The van der Waals surface area contributed by atoms with E-state index < -0.39 is 36.3 Å². The SMILES string of the molecule is C[C@H](NC(=O)CCC1CCNCC1)C(=O)N1[C@H](C(O)N[C@@H](Cc2ccc(Br)cc2)C(=O)N2CCC[C@H]2C(N)=O)C[C@@H]2CCCC[C@@H]21. The lowest BCUT2D eigenvalue weighted by Gasteiger charge is -2.38. The summed E-state index contributed by atoms with van der Waals surface area (Å²) in [6, 6.07) is 4.84. The molecule has 1 aliphatic carbocycles. The molecule has 0 aromatic heterocycles. The van der Waals surface area contributed by atoms with E-state index in [1.54, 1.807) is 6.92 Å². The van der Waals surface area contributed by atoms with Gasteiger partial charge in [-0.1, -0.05) is 40.9 Å². The van der Waals surface area contributed by atoms with Crippen LogP contribution in [0.15, 0.2) is 28.7 Å². The number of hydrogen-bond acceptors (Lipinski definition) is 7. The van der Waals surface area contributed by atoms with Crippen LogP contribution >= 0.6 is 15.9 Å². The van der Waals surface area contributed by atoms with Gasteiger partial charge in [0.25, 0.3) is 0 Å². The minimum atomic E-state index is -1.18. The first-order valence-corrected chi connectivity index (χ1v) is 18.0. The summed E-state index contributed by atoms with van der Waals surface area (Å²) in [5.41, 5.74) is 6.54. The van der Waals surface area contributed by atoms with E-state index in [4.69, 9.17) is 5.73 Å². The second-order valence-corrected chi connectivity index (χ2v) is 14.7. The van der Waals surface area contributed by atoms with Crippen molar-refractivity contribution in [2.75, 3.05) is 19.6 Å². The lowest BCUT2D eigenvalue weighted by molar-refractivity contribution is -0.143. The number of fused-ring (bicyclic) bond motifs is 1. The van der Waals surface area contributed by atoms with Gasteiger partial charge in [-0.05, 0) is 107 Å². The Bertz CT molecular complexity index is 1230. The quantitative estimate of drug-likeness (QED) is 0.209. The Hall–Kier alpha value is -2.54. The predicted octanol–water partition coefficient (Wildman–Crippen LogP) is 2.19. The Kier molecular flexibility index (Phi) is 12.1. The van der Waals surface area contributed by atoms with Gasteiger partial charge in [0, 0.05) is 23.5 Å². The number of nitrogens with one attached hydrogen (secondary N) is 3. The first-order chi connectivity index (χ1) is 22.1. The van der Waals surface area contributed by atoms with Gasteiger partial charge in [-0.25, -0.2) is 0 Å². The van der Waals surface area contributed by atoms with Crippen molar-refractivity contribution in [1.82, 2.24) is 25.8 Å². The molecule has 6 N–H and O–H groups in total. The van der Waals surface area contributed by atoms with Crippen LogP contribution in [0.3, 0.4) is 0 Å². The second-order valence-electron chi connectivity index (χ2n) is 13.8. The van der Waals surface area contributed by atoms with Crippen LogP contribution in [-0.2, 0) is 25.6 Å². The third-order valence-electron chi connectivity index (χ3n) is 10.6. The number of amides is 4. The summed E-state index contributed by atoms with van der Waals surface area (Å²) >= 11 is 3.46. The number of piperidine rings is 1. The van der Waals surface area contributed by atoms with E-state index in [-0.39, 0.29) is 29.7 Å². The van der Waals surface area contributed by atoms with Crippen molar-refractivity contribution in [3.05, 3.63) is 34.3 Å². The second kappa shape index (κ2) is 16.0. The Morgan fingerprint density at radius 3 is 2.46 bits per heavy atom. The molecule has 1 aromatic carbocycles. The minimum Gasteiger partial charge on any atom is -0.376 e. The maximum absolute atomic E-state index is 14.1. The smallest absolute Gasteiger partial charge is 0.245 e. The maximum Gasteiger partial charge on any atom is 0.245 e. The number of primary amides is 1. The Morgan fingerprint density at radius 1 is 1.02 bits per heavy atom. The summed E-state index contributed by atoms with van der Waals surface area (Å²) < 4.78 is 0.913. The van der Waals surface area contributed by atoms with Gasteiger partial charge >= 0.3 is 0 Å². The lowest BCUT2D eigenvalue weighted by atomic mass is 9.84. The molecule has 254 valence electrons. The summed E-state index contributed by atoms with van der Waals surface area (Å²) in [4.78, 5) is 56.4. The van der Waals surface area contributed by atoms with Crippen LogP contribution in [-0.4, -0.2) is 94.6 Å². The van der Waals surface area contributed by atoms with Crippen molar-refractivity contribution in [2.45, 2.75) is 120 Å². The van der Waals surface area contributed by atoms with Crippen molar-refractivity contribution in [1.29, 1.82) is 0 Å². The number of carbonyl (C=O) groups excluding carboxylic acids is 4. The third kappa shape index (κ3) is 8.48. The average Bonchev–Trinajstić information content (AvgIpc) is 3.70. The van der Waals surface area contributed by atoms with Gasteiger partial charge in [-0.3, -0.25) is 24.5 Å². The van der Waals surface area contributed by atoms with Gasteiger partial charge in [-0.2, -0.15) is 0 Å². The number of nitrogens with zero attached hydrogens (tertiary/aromatic N) is 2. The van der Waals surface area contributed by atoms with Crippen LogP contribution in [0.25, 0.3) is 0 Å². The van der Waals surface area contributed by atoms with Gasteiger partial charge in [0.2, 0.25) is 23.6 Å². The van der Waals surface area contributed by atoms with E-state index in [1.165, 1.54) is 4.90 Å². The molecule has 0 spiro atoms. The maximum atomic E-state index is 14.1. The zero-order valence-electron chi connectivity index (χ0n) is 27.0. The summed E-state index contributed by atoms with van der Waals surface area (Å²) in [6.07, 6.45) is 8.19. The van der Waals surface area contributed by atoms with Crippen molar-refractivity contribution in [3.8, 4) is 0 Å². The summed E-state index contributed by atoms with van der Waals surface area (Å²) in [5.74, 6) is -0.357. The van der Waals surface area contributed by atoms with Gasteiger partial charge < -0.3 is 31.3 Å². The van der Waals surface area contributed by atoms with Crippen LogP contribution in [0.4, 0.5) is 0 Å². The highest BCUT2D eigenvalue weighted by Gasteiger charge is 2.49. The first-order valence-electron chi connectivity index (χ1n) is 17.2. The number of aliphatic hydroxyl groups excluding tert-OH is 1. The fourth-order valence-electron chi connectivity index (χ4n) is 8.13. The highest BCUT2D eigenvalue weighted by molar-refractivity contribution is 9.10. The average molecular weight is 704 g/mol. The number of rotatable bonds is 12. The van der Waals surface area contributed by atoms with Crippen molar-refractivity contribution >= 4 is 39.6 Å². The molecule has 0 bridgehead atoms. The number of aliphatic hydroxyl groups is 1. The predicted molar refractivity (Wildman–Crippen MR) is 178 cm³/mol. The molecule has 4 amide bonds. The number of benzene rings is 1. The normalized spacial score (nSPS) is 27.1. The number of likely N-dealkylation sites (tertiary alicyclic amines) is 2. The molecule has 12 heteroatoms. The van der Waals surface area contributed by atoms with Gasteiger partial charge in [0.15, 0.2) is 0 Å². The largest absolute Gasteiger partial charge is 0.376 e. The number of carbonyl (C=O) groups is 4. The van der Waals surface area contributed by atoms with E-state index in [1.807, 2.05) is 29.2 Å². The van der Waals surface area contributed by atoms with Gasteiger partial charge in [0.05, 0.1) is 12.1 Å². The fourth-order valence-corrected chi connectivity index (χ4v) is 8.39.